The van der Waals surface area contributed by atoms with E-state index < -0.39 is 6.09 Å². The quantitative estimate of drug-likeness (QED) is 0.631. The number of anilines is 1. The number of H-pyrrole nitrogens is 1. The molecule has 27 heavy (non-hydrogen) atoms. The second-order valence-corrected chi connectivity index (χ2v) is 7.62. The number of nitrogens with zero attached hydrogens (tertiary/aromatic N) is 3. The van der Waals surface area contributed by atoms with Gasteiger partial charge in [0.05, 0.1) is 12.3 Å². The van der Waals surface area contributed by atoms with Gasteiger partial charge in [-0.3, -0.25) is 5.32 Å². The van der Waals surface area contributed by atoms with Crippen LogP contribution in [0.5, 0.6) is 0 Å². The molecule has 0 aliphatic heterocycles. The summed E-state index contributed by atoms with van der Waals surface area (Å²) in [5.74, 6) is 0.631. The monoisotopic (exact) mass is 391 g/mol. The molecule has 1 amide bonds. The molecule has 0 bridgehead atoms. The maximum atomic E-state index is 11.6. The first-order chi connectivity index (χ1) is 12.7. The molecule has 2 aromatic heterocycles. The molecular weight excluding hydrogens is 370 g/mol. The number of aliphatic hydroxyl groups excluding tert-OH is 1. The van der Waals surface area contributed by atoms with Gasteiger partial charge in [-0.2, -0.15) is 5.10 Å². The highest BCUT2D eigenvalue weighted by Gasteiger charge is 2.25. The van der Waals surface area contributed by atoms with E-state index in [4.69, 9.17) is 21.4 Å². The van der Waals surface area contributed by atoms with Crippen molar-refractivity contribution in [3.05, 3.63) is 34.5 Å². The van der Waals surface area contributed by atoms with E-state index in [0.29, 0.717) is 22.2 Å². The molecule has 0 saturated carbocycles. The van der Waals surface area contributed by atoms with E-state index in [9.17, 15) is 4.79 Å². The van der Waals surface area contributed by atoms with Crippen molar-refractivity contribution in [3.63, 3.8) is 0 Å². The van der Waals surface area contributed by atoms with Gasteiger partial charge in [0, 0.05) is 16.7 Å². The molecule has 0 spiro atoms. The number of carbonyl (C=O) groups is 1. The highest BCUT2D eigenvalue weighted by Crippen LogP contribution is 2.32. The number of fused-ring (bicyclic) bond motifs is 1. The van der Waals surface area contributed by atoms with Crippen LogP contribution in [-0.2, 0) is 10.2 Å². The third kappa shape index (κ3) is 3.91. The minimum absolute atomic E-state index is 0.0492. The zero-order valence-corrected chi connectivity index (χ0v) is 16.4. The topological polar surface area (TPSA) is 105 Å². The van der Waals surface area contributed by atoms with Crippen LogP contribution in [0.3, 0.4) is 0 Å². The molecule has 3 rings (SSSR count). The molecule has 144 valence electrons. The van der Waals surface area contributed by atoms with Gasteiger partial charge in [0.2, 0.25) is 0 Å². The fraction of sp³-hybridized carbons (Fsp3) is 0.389. The normalized spacial score (nSPS) is 11.8. The number of hydrogen-bond acceptors (Lipinski definition) is 5. The van der Waals surface area contributed by atoms with Crippen LogP contribution in [0.25, 0.3) is 17.0 Å². The smallest absolute Gasteiger partial charge is 0.411 e. The zero-order valence-electron chi connectivity index (χ0n) is 15.6. The van der Waals surface area contributed by atoms with Crippen molar-refractivity contribution in [3.8, 4) is 11.4 Å². The fourth-order valence-corrected chi connectivity index (χ4v) is 3.14. The second-order valence-electron chi connectivity index (χ2n) is 7.24. The number of aromatic nitrogens is 4. The number of rotatable bonds is 4. The molecule has 9 heteroatoms. The Hall–Kier alpha value is -2.58. The molecule has 3 aromatic rings. The summed E-state index contributed by atoms with van der Waals surface area (Å²) >= 11 is 6.47. The number of ether oxygens (including phenoxy) is 1. The lowest BCUT2D eigenvalue weighted by Gasteiger charge is -2.14. The number of nitrogens with one attached hydrogen (secondary N) is 2. The first-order valence-corrected chi connectivity index (χ1v) is 8.89. The summed E-state index contributed by atoms with van der Waals surface area (Å²) in [6.07, 6.45) is -0.617. The van der Waals surface area contributed by atoms with Crippen molar-refractivity contribution < 1.29 is 14.6 Å². The molecular formula is C18H22ClN5O3. The molecule has 1 aromatic carbocycles. The van der Waals surface area contributed by atoms with Gasteiger partial charge < -0.3 is 14.8 Å². The van der Waals surface area contributed by atoms with Gasteiger partial charge in [-0.05, 0) is 30.7 Å². The van der Waals surface area contributed by atoms with E-state index in [1.54, 1.807) is 6.07 Å². The highest BCUT2D eigenvalue weighted by atomic mass is 35.5. The molecule has 3 N–H and O–H groups in total. The van der Waals surface area contributed by atoms with Crippen LogP contribution in [0.4, 0.5) is 10.5 Å². The number of amides is 1. The highest BCUT2D eigenvalue weighted by molar-refractivity contribution is 6.34. The Balaban J connectivity index is 1.87. The Labute approximate surface area is 161 Å². The predicted octanol–water partition coefficient (Wildman–Crippen LogP) is 3.52. The van der Waals surface area contributed by atoms with Crippen LogP contribution in [0.15, 0.2) is 18.2 Å². The van der Waals surface area contributed by atoms with Crippen LogP contribution in [0.1, 0.15) is 32.0 Å². The molecule has 2 heterocycles. The summed E-state index contributed by atoms with van der Waals surface area (Å²) in [5, 5.41) is 20.8. The molecule has 0 aliphatic rings. The standard InChI is InChI=1S/C18H22ClN5O3/c1-10-9-11(20-17(26)27-8-7-25)5-6-12(10)15-21-16-13(19)14(18(2,3)4)22-24(16)23-15/h5-6,9,25H,7-8H2,1-4H3,(H,20,26)(H,21,23). The van der Waals surface area contributed by atoms with E-state index in [1.165, 1.54) is 4.63 Å². The minimum atomic E-state index is -0.617. The number of aliphatic hydroxyl groups is 1. The molecule has 0 atom stereocenters. The van der Waals surface area contributed by atoms with E-state index in [0.717, 1.165) is 16.8 Å². The van der Waals surface area contributed by atoms with E-state index in [2.05, 4.69) is 20.5 Å². The fourth-order valence-electron chi connectivity index (χ4n) is 2.70. The molecule has 8 nitrogen and oxygen atoms in total. The molecule has 0 radical (unpaired) electrons. The summed E-state index contributed by atoms with van der Waals surface area (Å²) < 4.78 is 6.30. The lowest BCUT2D eigenvalue weighted by molar-refractivity contribution is 0.131. The van der Waals surface area contributed by atoms with Gasteiger partial charge >= 0.3 is 6.09 Å². The summed E-state index contributed by atoms with van der Waals surface area (Å²) in [6, 6.07) is 5.40. The predicted molar refractivity (Wildman–Crippen MR) is 103 cm³/mol. The van der Waals surface area contributed by atoms with E-state index in [-0.39, 0.29) is 18.6 Å². The zero-order chi connectivity index (χ0) is 19.8. The lowest BCUT2D eigenvalue weighted by Crippen LogP contribution is -2.15. The molecule has 0 unspecified atom stereocenters. The number of aromatic amines is 1. The summed E-state index contributed by atoms with van der Waals surface area (Å²) in [7, 11) is 0. The lowest BCUT2D eigenvalue weighted by atomic mass is 9.92. The average Bonchev–Trinajstić information content (AvgIpc) is 3.12. The van der Waals surface area contributed by atoms with Crippen molar-refractivity contribution in [2.75, 3.05) is 18.5 Å². The van der Waals surface area contributed by atoms with Crippen LogP contribution in [-0.4, -0.2) is 44.2 Å². The van der Waals surface area contributed by atoms with E-state index >= 15 is 0 Å². The minimum Gasteiger partial charge on any atom is -0.447 e. The van der Waals surface area contributed by atoms with Crippen LogP contribution >= 0.6 is 11.6 Å². The first kappa shape index (κ1) is 19.2. The number of hydrogen-bond donors (Lipinski definition) is 3. The SMILES string of the molecule is Cc1cc(NC(=O)OCCO)ccc1-c1nn2nc(C(C)(C)C)c(Cl)c2[nH]1. The van der Waals surface area contributed by atoms with E-state index in [1.807, 2.05) is 39.8 Å². The molecule has 0 aliphatic carbocycles. The first-order valence-electron chi connectivity index (χ1n) is 8.51. The van der Waals surface area contributed by atoms with Gasteiger partial charge in [-0.1, -0.05) is 32.4 Å². The van der Waals surface area contributed by atoms with Crippen molar-refractivity contribution in [2.24, 2.45) is 0 Å². The Morgan fingerprint density at radius 2 is 2.11 bits per heavy atom. The Bertz CT molecular complexity index is 987. The van der Waals surface area contributed by atoms with Gasteiger partial charge in [0.15, 0.2) is 11.5 Å². The Kier molecular flexibility index (Phi) is 5.12. The van der Waals surface area contributed by atoms with Crippen molar-refractivity contribution in [2.45, 2.75) is 33.1 Å². The van der Waals surface area contributed by atoms with Gasteiger partial charge in [-0.15, -0.1) is 9.73 Å². The third-order valence-electron chi connectivity index (χ3n) is 4.00. The Morgan fingerprint density at radius 3 is 2.70 bits per heavy atom. The summed E-state index contributed by atoms with van der Waals surface area (Å²) in [4.78, 5) is 14.8. The number of aryl methyl sites for hydroxylation is 1. The second kappa shape index (κ2) is 7.21. The van der Waals surface area contributed by atoms with Gasteiger partial charge in [0.25, 0.3) is 0 Å². The average molecular weight is 392 g/mol. The van der Waals surface area contributed by atoms with Crippen molar-refractivity contribution >= 4 is 29.0 Å². The van der Waals surface area contributed by atoms with Crippen molar-refractivity contribution in [1.29, 1.82) is 0 Å². The number of benzene rings is 1. The molecule has 0 fully saturated rings. The number of halogens is 1. The maximum absolute atomic E-state index is 11.6. The van der Waals surface area contributed by atoms with Gasteiger partial charge in [-0.25, -0.2) is 4.79 Å². The summed E-state index contributed by atoms with van der Waals surface area (Å²) in [6.45, 7) is 7.78. The van der Waals surface area contributed by atoms with Crippen LogP contribution in [0, 0.1) is 6.92 Å². The van der Waals surface area contributed by atoms with Crippen molar-refractivity contribution in [1.82, 2.24) is 19.8 Å². The summed E-state index contributed by atoms with van der Waals surface area (Å²) in [5.41, 5.74) is 3.60. The van der Waals surface area contributed by atoms with Crippen LogP contribution in [0.2, 0.25) is 5.02 Å². The number of carbonyl (C=O) groups excluding carboxylic acids is 1. The Morgan fingerprint density at radius 1 is 1.37 bits per heavy atom. The molecule has 0 saturated heterocycles. The maximum Gasteiger partial charge on any atom is 0.411 e. The largest absolute Gasteiger partial charge is 0.447 e. The van der Waals surface area contributed by atoms with Gasteiger partial charge in [0.1, 0.15) is 11.6 Å². The van der Waals surface area contributed by atoms with Crippen LogP contribution < -0.4 is 5.32 Å². The third-order valence-corrected chi connectivity index (χ3v) is 4.36.